The van der Waals surface area contributed by atoms with Gasteiger partial charge in [-0.3, -0.25) is 0 Å². The van der Waals surface area contributed by atoms with Gasteiger partial charge in [0, 0.05) is 33.3 Å². The Labute approximate surface area is 109 Å². The maximum Gasteiger partial charge on any atom is 0.504 e. The summed E-state index contributed by atoms with van der Waals surface area (Å²) in [6.45, 7) is 0. The van der Waals surface area contributed by atoms with Gasteiger partial charge in [0.2, 0.25) is 0 Å². The predicted molar refractivity (Wildman–Crippen MR) is 71.4 cm³/mol. The number of halogens is 1. The number of hydrogen-bond acceptors (Lipinski definition) is 3. The lowest BCUT2D eigenvalue weighted by Crippen LogP contribution is -2.45. The second kappa shape index (κ2) is 7.13. The van der Waals surface area contributed by atoms with Crippen molar-refractivity contribution < 1.29 is 13.3 Å². The van der Waals surface area contributed by atoms with E-state index in [4.69, 9.17) is 24.9 Å². The van der Waals surface area contributed by atoms with Gasteiger partial charge in [-0.2, -0.15) is 0 Å². The highest BCUT2D eigenvalue weighted by Gasteiger charge is 2.37. The predicted octanol–water partition coefficient (Wildman–Crippen LogP) is 2.43. The van der Waals surface area contributed by atoms with Crippen molar-refractivity contribution in [1.82, 2.24) is 0 Å². The second-order valence-corrected chi connectivity index (χ2v) is 7.05. The molecule has 0 heterocycles. The van der Waals surface area contributed by atoms with Crippen molar-refractivity contribution in [3.8, 4) is 0 Å². The SMILES string of the molecule is CO[Si](Cc1ccc(CCCl)cc1)(OC)OC. The topological polar surface area (TPSA) is 27.7 Å². The molecule has 17 heavy (non-hydrogen) atoms. The Morgan fingerprint density at radius 1 is 0.941 bits per heavy atom. The molecule has 0 aliphatic rings. The molecule has 0 aliphatic carbocycles. The molecule has 0 N–H and O–H groups in total. The molecule has 0 bridgehead atoms. The van der Waals surface area contributed by atoms with Gasteiger partial charge in [-0.05, 0) is 17.5 Å². The maximum atomic E-state index is 5.70. The highest BCUT2D eigenvalue weighted by atomic mass is 35.5. The molecule has 0 amide bonds. The molecular weight excluding hydrogens is 256 g/mol. The fourth-order valence-corrected chi connectivity index (χ4v) is 3.54. The summed E-state index contributed by atoms with van der Waals surface area (Å²) in [4.78, 5) is 0. The lowest BCUT2D eigenvalue weighted by atomic mass is 10.1. The van der Waals surface area contributed by atoms with Crippen LogP contribution in [0.25, 0.3) is 0 Å². The molecule has 0 saturated heterocycles. The maximum absolute atomic E-state index is 5.70. The number of benzene rings is 1. The van der Waals surface area contributed by atoms with Crippen LogP contribution in [0.5, 0.6) is 0 Å². The van der Waals surface area contributed by atoms with Crippen molar-refractivity contribution in [1.29, 1.82) is 0 Å². The van der Waals surface area contributed by atoms with E-state index in [2.05, 4.69) is 24.3 Å². The third kappa shape index (κ3) is 4.08. The number of rotatable bonds is 7. The van der Waals surface area contributed by atoms with Crippen LogP contribution in [0.4, 0.5) is 0 Å². The summed E-state index contributed by atoms with van der Waals surface area (Å²) < 4.78 is 16.2. The fourth-order valence-electron chi connectivity index (χ4n) is 1.65. The van der Waals surface area contributed by atoms with E-state index in [9.17, 15) is 0 Å². The van der Waals surface area contributed by atoms with Gasteiger partial charge in [0.25, 0.3) is 0 Å². The Kier molecular flexibility index (Phi) is 6.15. The molecule has 96 valence electrons. The monoisotopic (exact) mass is 274 g/mol. The van der Waals surface area contributed by atoms with Crippen LogP contribution >= 0.6 is 11.6 Å². The zero-order valence-corrected chi connectivity index (χ0v) is 12.3. The first-order valence-electron chi connectivity index (χ1n) is 5.49. The summed E-state index contributed by atoms with van der Waals surface area (Å²) in [6.07, 6.45) is 0.892. The lowest BCUT2D eigenvalue weighted by molar-refractivity contribution is 0.122. The van der Waals surface area contributed by atoms with Crippen LogP contribution in [0, 0.1) is 0 Å². The number of alkyl halides is 1. The molecule has 0 spiro atoms. The van der Waals surface area contributed by atoms with Crippen molar-refractivity contribution >= 4 is 20.4 Å². The highest BCUT2D eigenvalue weighted by Crippen LogP contribution is 2.15. The smallest absolute Gasteiger partial charge is 0.377 e. The van der Waals surface area contributed by atoms with Gasteiger partial charge in [-0.25, -0.2) is 0 Å². The van der Waals surface area contributed by atoms with Crippen molar-refractivity contribution in [2.45, 2.75) is 12.5 Å². The van der Waals surface area contributed by atoms with Crippen LogP contribution in [0.3, 0.4) is 0 Å². The molecule has 1 aromatic carbocycles. The Morgan fingerprint density at radius 2 is 1.41 bits per heavy atom. The minimum absolute atomic E-state index is 0.645. The Balaban J connectivity index is 2.73. The number of aryl methyl sites for hydroxylation is 1. The first kappa shape index (κ1) is 14.7. The molecule has 0 unspecified atom stereocenters. The first-order valence-corrected chi connectivity index (χ1v) is 7.95. The average Bonchev–Trinajstić information content (AvgIpc) is 2.39. The largest absolute Gasteiger partial charge is 0.504 e. The van der Waals surface area contributed by atoms with Crippen molar-refractivity contribution in [2.24, 2.45) is 0 Å². The minimum atomic E-state index is -2.52. The molecule has 1 aromatic rings. The van der Waals surface area contributed by atoms with Gasteiger partial charge in [-0.15, -0.1) is 11.6 Å². The zero-order valence-electron chi connectivity index (χ0n) is 10.5. The Bertz CT molecular complexity index is 317. The van der Waals surface area contributed by atoms with Gasteiger partial charge >= 0.3 is 8.80 Å². The Hall–Kier alpha value is -0.393. The van der Waals surface area contributed by atoms with Gasteiger partial charge in [0.1, 0.15) is 0 Å². The van der Waals surface area contributed by atoms with E-state index in [0.29, 0.717) is 11.9 Å². The molecule has 3 nitrogen and oxygen atoms in total. The van der Waals surface area contributed by atoms with Gasteiger partial charge in [0.15, 0.2) is 0 Å². The summed E-state index contributed by atoms with van der Waals surface area (Å²) in [5, 5.41) is 0. The van der Waals surface area contributed by atoms with E-state index in [1.54, 1.807) is 21.3 Å². The van der Waals surface area contributed by atoms with Crippen LogP contribution in [-0.2, 0) is 25.7 Å². The molecule has 1 rings (SSSR count). The van der Waals surface area contributed by atoms with Crippen LogP contribution in [0.1, 0.15) is 11.1 Å². The summed E-state index contributed by atoms with van der Waals surface area (Å²) in [6, 6.07) is 8.98. The van der Waals surface area contributed by atoms with Crippen LogP contribution < -0.4 is 0 Å². The summed E-state index contributed by atoms with van der Waals surface area (Å²) in [5.74, 6) is 0.645. The standard InChI is InChI=1S/C12H19ClO3Si/c1-14-17(15-2,16-3)10-12-6-4-11(5-7-12)8-9-13/h4-7H,8-10H2,1-3H3. The molecule has 0 aliphatic heterocycles. The average molecular weight is 275 g/mol. The van der Waals surface area contributed by atoms with Gasteiger partial charge < -0.3 is 13.3 Å². The van der Waals surface area contributed by atoms with Gasteiger partial charge in [-0.1, -0.05) is 24.3 Å². The zero-order chi connectivity index (χ0) is 12.7. The molecule has 0 saturated carbocycles. The summed E-state index contributed by atoms with van der Waals surface area (Å²) in [5.41, 5.74) is 2.39. The van der Waals surface area contributed by atoms with Crippen molar-refractivity contribution in [3.05, 3.63) is 35.4 Å². The quantitative estimate of drug-likeness (QED) is 0.565. The third-order valence-electron chi connectivity index (χ3n) is 2.76. The first-order chi connectivity index (χ1) is 8.19. The van der Waals surface area contributed by atoms with E-state index >= 15 is 0 Å². The van der Waals surface area contributed by atoms with E-state index in [1.165, 1.54) is 5.56 Å². The molecule has 0 atom stereocenters. The highest BCUT2D eigenvalue weighted by molar-refractivity contribution is 6.60. The van der Waals surface area contributed by atoms with E-state index < -0.39 is 8.80 Å². The molecule has 5 heteroatoms. The van der Waals surface area contributed by atoms with Crippen LogP contribution in [0.2, 0.25) is 0 Å². The van der Waals surface area contributed by atoms with Crippen molar-refractivity contribution in [2.75, 3.05) is 27.2 Å². The van der Waals surface area contributed by atoms with Crippen LogP contribution in [0.15, 0.2) is 24.3 Å². The lowest BCUT2D eigenvalue weighted by Gasteiger charge is -2.24. The molecule has 0 fully saturated rings. The van der Waals surface area contributed by atoms with Crippen molar-refractivity contribution in [3.63, 3.8) is 0 Å². The van der Waals surface area contributed by atoms with E-state index in [-0.39, 0.29) is 0 Å². The molecular formula is C12H19ClO3Si. The third-order valence-corrected chi connectivity index (χ3v) is 5.66. The normalized spacial score (nSPS) is 11.8. The fraction of sp³-hybridized carbons (Fsp3) is 0.500. The Morgan fingerprint density at radius 3 is 1.82 bits per heavy atom. The summed E-state index contributed by atoms with van der Waals surface area (Å²) >= 11 is 5.70. The van der Waals surface area contributed by atoms with E-state index in [0.717, 1.165) is 12.0 Å². The summed E-state index contributed by atoms with van der Waals surface area (Å²) in [7, 11) is 2.36. The molecule has 0 radical (unpaired) electrons. The molecule has 0 aromatic heterocycles. The minimum Gasteiger partial charge on any atom is -0.377 e. The van der Waals surface area contributed by atoms with Gasteiger partial charge in [0.05, 0.1) is 0 Å². The van der Waals surface area contributed by atoms with E-state index in [1.807, 2.05) is 0 Å². The second-order valence-electron chi connectivity index (χ2n) is 3.73. The van der Waals surface area contributed by atoms with Crippen LogP contribution in [-0.4, -0.2) is 36.0 Å². The number of hydrogen-bond donors (Lipinski definition) is 0.